The smallest absolute Gasteiger partial charge is 0.0991 e. The first-order chi connectivity index (χ1) is 12.8. The summed E-state index contributed by atoms with van der Waals surface area (Å²) in [6.07, 6.45) is 15.6. The number of rotatable bonds is 6. The lowest BCUT2D eigenvalue weighted by Crippen LogP contribution is -2.25. The van der Waals surface area contributed by atoms with Gasteiger partial charge in [-0.05, 0) is 99.7 Å². The van der Waals surface area contributed by atoms with Gasteiger partial charge >= 0.3 is 0 Å². The molecule has 1 aromatic carbocycles. The first-order valence-electron chi connectivity index (χ1n) is 10.5. The highest BCUT2D eigenvalue weighted by atomic mass is 16.5. The van der Waals surface area contributed by atoms with E-state index < -0.39 is 0 Å². The van der Waals surface area contributed by atoms with E-state index in [1.54, 1.807) is 0 Å². The summed E-state index contributed by atoms with van der Waals surface area (Å²) in [5, 5.41) is 8.95. The molecule has 2 aliphatic rings. The minimum absolute atomic E-state index is 0.705. The summed E-state index contributed by atoms with van der Waals surface area (Å²) in [5.41, 5.74) is 2.21. The first-order valence-corrected chi connectivity index (χ1v) is 10.5. The molecular weight excluding hydrogens is 318 g/mol. The molecule has 0 radical (unpaired) electrons. The fraction of sp³-hybridized carbons (Fsp3) is 0.625. The summed E-state index contributed by atoms with van der Waals surface area (Å²) < 4.78 is 5.40. The lowest BCUT2D eigenvalue weighted by Gasteiger charge is -2.37. The van der Waals surface area contributed by atoms with Gasteiger partial charge in [0.05, 0.1) is 18.2 Å². The van der Waals surface area contributed by atoms with Gasteiger partial charge in [-0.3, -0.25) is 0 Å². The van der Waals surface area contributed by atoms with Gasteiger partial charge in [-0.15, -0.1) is 0 Å². The Morgan fingerprint density at radius 1 is 0.962 bits per heavy atom. The van der Waals surface area contributed by atoms with Crippen LogP contribution in [0.15, 0.2) is 36.4 Å². The largest absolute Gasteiger partial charge is 0.378 e. The van der Waals surface area contributed by atoms with E-state index in [2.05, 4.69) is 37.3 Å². The fourth-order valence-corrected chi connectivity index (χ4v) is 5.00. The Morgan fingerprint density at radius 2 is 1.58 bits per heavy atom. The van der Waals surface area contributed by atoms with Crippen molar-refractivity contribution < 1.29 is 4.74 Å². The Labute approximate surface area is 159 Å². The molecule has 0 heterocycles. The van der Waals surface area contributed by atoms with Crippen LogP contribution in [0.1, 0.15) is 75.3 Å². The predicted molar refractivity (Wildman–Crippen MR) is 107 cm³/mol. The molecule has 1 aromatic rings. The molecule has 2 heteroatoms. The van der Waals surface area contributed by atoms with Gasteiger partial charge in [0, 0.05) is 6.61 Å². The molecule has 140 valence electrons. The number of allylic oxidation sites excluding steroid dienone is 1. The molecule has 3 rings (SSSR count). The lowest BCUT2D eigenvalue weighted by atomic mass is 9.68. The number of hydrogen-bond donors (Lipinski definition) is 0. The molecule has 0 amide bonds. The Kier molecular flexibility index (Phi) is 7.32. The second kappa shape index (κ2) is 9.93. The van der Waals surface area contributed by atoms with E-state index in [0.717, 1.165) is 36.5 Å². The summed E-state index contributed by atoms with van der Waals surface area (Å²) in [7, 11) is 0. The van der Waals surface area contributed by atoms with Crippen molar-refractivity contribution >= 4 is 0 Å². The van der Waals surface area contributed by atoms with Crippen LogP contribution in [-0.4, -0.2) is 13.2 Å². The van der Waals surface area contributed by atoms with Crippen LogP contribution in [0.25, 0.3) is 0 Å². The van der Waals surface area contributed by atoms with E-state index in [9.17, 15) is 0 Å². The van der Waals surface area contributed by atoms with Gasteiger partial charge in [0.1, 0.15) is 0 Å². The van der Waals surface area contributed by atoms with E-state index in [-0.39, 0.29) is 0 Å². The quantitative estimate of drug-likeness (QED) is 0.449. The Morgan fingerprint density at radius 3 is 2.15 bits per heavy atom. The van der Waals surface area contributed by atoms with Gasteiger partial charge in [0.25, 0.3) is 0 Å². The summed E-state index contributed by atoms with van der Waals surface area (Å²) in [4.78, 5) is 0. The molecule has 2 nitrogen and oxygen atoms in total. The highest BCUT2D eigenvalue weighted by Crippen LogP contribution is 2.44. The van der Waals surface area contributed by atoms with Gasteiger partial charge in [-0.2, -0.15) is 5.26 Å². The Hall–Kier alpha value is -1.59. The van der Waals surface area contributed by atoms with Crippen molar-refractivity contribution in [2.24, 2.45) is 17.8 Å². The third-order valence-electron chi connectivity index (χ3n) is 6.59. The van der Waals surface area contributed by atoms with E-state index >= 15 is 0 Å². The molecule has 0 aromatic heterocycles. The van der Waals surface area contributed by atoms with Gasteiger partial charge in [0.15, 0.2) is 0 Å². The van der Waals surface area contributed by atoms with E-state index in [0.29, 0.717) is 5.92 Å². The molecule has 0 saturated heterocycles. The number of ether oxygens (including phenoxy) is 1. The third kappa shape index (κ3) is 5.21. The first kappa shape index (κ1) is 19.2. The average Bonchev–Trinajstić information content (AvgIpc) is 2.72. The summed E-state index contributed by atoms with van der Waals surface area (Å²) in [6.45, 7) is 3.63. The predicted octanol–water partition coefficient (Wildman–Crippen LogP) is 6.23. The van der Waals surface area contributed by atoms with Crippen molar-refractivity contribution in [1.29, 1.82) is 5.26 Å². The highest BCUT2D eigenvalue weighted by molar-refractivity contribution is 5.33. The van der Waals surface area contributed by atoms with Crippen LogP contribution in [0.3, 0.4) is 0 Å². The zero-order valence-corrected chi connectivity index (χ0v) is 16.2. The van der Waals surface area contributed by atoms with Crippen molar-refractivity contribution in [3.8, 4) is 6.07 Å². The van der Waals surface area contributed by atoms with Crippen LogP contribution in [-0.2, 0) is 4.74 Å². The molecule has 0 atom stereocenters. The van der Waals surface area contributed by atoms with E-state index in [1.807, 2.05) is 12.1 Å². The maximum atomic E-state index is 8.95. The van der Waals surface area contributed by atoms with Crippen molar-refractivity contribution in [2.45, 2.75) is 64.2 Å². The molecule has 2 saturated carbocycles. The van der Waals surface area contributed by atoms with Crippen molar-refractivity contribution in [2.75, 3.05) is 13.2 Å². The monoisotopic (exact) mass is 351 g/mol. The zero-order chi connectivity index (χ0) is 18.2. The SMILES string of the molecule is CCOC/C=C/[C@H]1CC[C@H](C2CCC(c3ccc(C#N)cc3)CC2)CC1. The topological polar surface area (TPSA) is 33.0 Å². The molecule has 0 spiro atoms. The molecular formula is C24H33NO. The van der Waals surface area contributed by atoms with Crippen LogP contribution in [0.2, 0.25) is 0 Å². The number of hydrogen-bond acceptors (Lipinski definition) is 2. The van der Waals surface area contributed by atoms with Crippen molar-refractivity contribution in [3.05, 3.63) is 47.5 Å². The highest BCUT2D eigenvalue weighted by Gasteiger charge is 2.30. The summed E-state index contributed by atoms with van der Waals surface area (Å²) >= 11 is 0. The molecule has 2 aliphatic carbocycles. The number of nitrogens with zero attached hydrogens (tertiary/aromatic N) is 1. The Bertz CT molecular complexity index is 596. The normalized spacial score (nSPS) is 29.5. The van der Waals surface area contributed by atoms with Crippen LogP contribution >= 0.6 is 0 Å². The third-order valence-corrected chi connectivity index (χ3v) is 6.59. The van der Waals surface area contributed by atoms with Gasteiger partial charge in [0.2, 0.25) is 0 Å². The minimum atomic E-state index is 0.705. The van der Waals surface area contributed by atoms with Crippen LogP contribution in [0.5, 0.6) is 0 Å². The number of nitriles is 1. The molecule has 2 fully saturated rings. The second-order valence-corrected chi connectivity index (χ2v) is 8.11. The van der Waals surface area contributed by atoms with E-state index in [1.165, 1.54) is 56.9 Å². The maximum absolute atomic E-state index is 8.95. The van der Waals surface area contributed by atoms with Gasteiger partial charge < -0.3 is 4.74 Å². The minimum Gasteiger partial charge on any atom is -0.378 e. The van der Waals surface area contributed by atoms with Crippen LogP contribution < -0.4 is 0 Å². The molecule has 0 unspecified atom stereocenters. The maximum Gasteiger partial charge on any atom is 0.0991 e. The molecule has 0 aliphatic heterocycles. The van der Waals surface area contributed by atoms with Crippen molar-refractivity contribution in [1.82, 2.24) is 0 Å². The van der Waals surface area contributed by atoms with E-state index in [4.69, 9.17) is 10.00 Å². The standard InChI is InChI=1S/C24H33NO/c1-2-26-17-3-4-19-5-9-21(10-6-19)23-13-15-24(16-14-23)22-11-7-20(18-25)8-12-22/h3-4,7-8,11-12,19,21,23-24H,2,5-6,9-10,13-17H2,1H3/b4-3+/t19-,21-,23?,24?. The van der Waals surface area contributed by atoms with Crippen molar-refractivity contribution in [3.63, 3.8) is 0 Å². The number of benzene rings is 1. The summed E-state index contributed by atoms with van der Waals surface area (Å²) in [6, 6.07) is 10.5. The van der Waals surface area contributed by atoms with Crippen LogP contribution in [0, 0.1) is 29.1 Å². The molecule has 0 bridgehead atoms. The lowest BCUT2D eigenvalue weighted by molar-refractivity contribution is 0.168. The molecule has 0 N–H and O–H groups in total. The zero-order valence-electron chi connectivity index (χ0n) is 16.2. The summed E-state index contributed by atoms with van der Waals surface area (Å²) in [5.74, 6) is 3.38. The van der Waals surface area contributed by atoms with Crippen LogP contribution in [0.4, 0.5) is 0 Å². The average molecular weight is 352 g/mol. The Balaban J connectivity index is 1.41. The second-order valence-electron chi connectivity index (χ2n) is 8.11. The molecule has 26 heavy (non-hydrogen) atoms. The fourth-order valence-electron chi connectivity index (χ4n) is 5.00. The van der Waals surface area contributed by atoms with Gasteiger partial charge in [-0.1, -0.05) is 24.3 Å². The van der Waals surface area contributed by atoms with Gasteiger partial charge in [-0.25, -0.2) is 0 Å².